The van der Waals surface area contributed by atoms with Gasteiger partial charge in [0.05, 0.1) is 6.42 Å². The molecule has 0 aromatic carbocycles. The third-order valence-electron chi connectivity index (χ3n) is 1.10. The fourth-order valence-electron chi connectivity index (χ4n) is 0.477. The summed E-state index contributed by atoms with van der Waals surface area (Å²) in [6.07, 6.45) is -0.885. The second-order valence-corrected chi connectivity index (χ2v) is 2.66. The molecule has 0 aliphatic carbocycles. The lowest BCUT2D eigenvalue weighted by Crippen LogP contribution is -2.17. The largest absolute Gasteiger partial charge is 0.481 e. The zero-order chi connectivity index (χ0) is 10.4. The van der Waals surface area contributed by atoms with Crippen molar-refractivity contribution in [1.82, 2.24) is 0 Å². The van der Waals surface area contributed by atoms with Gasteiger partial charge >= 0.3 is 11.9 Å². The molecule has 0 aromatic rings. The van der Waals surface area contributed by atoms with Gasteiger partial charge in [-0.3, -0.25) is 9.68 Å². The van der Waals surface area contributed by atoms with E-state index in [1.165, 1.54) is 13.8 Å². The molecule has 0 rings (SSSR count). The molecule has 0 aliphatic rings. The summed E-state index contributed by atoms with van der Waals surface area (Å²) in [4.78, 5) is 29.6. The molecule has 0 heterocycles. The molecule has 0 spiro atoms. The summed E-state index contributed by atoms with van der Waals surface area (Å²) >= 11 is 0. The van der Waals surface area contributed by atoms with Gasteiger partial charge in [0.15, 0.2) is 0 Å². The van der Waals surface area contributed by atoms with E-state index in [-0.39, 0.29) is 12.0 Å². The molecular formula is C8H12O5. The van der Waals surface area contributed by atoms with E-state index in [4.69, 9.17) is 5.11 Å². The van der Waals surface area contributed by atoms with Crippen LogP contribution in [0, 0.1) is 0 Å². The highest BCUT2D eigenvalue weighted by Crippen LogP contribution is 2.00. The maximum atomic E-state index is 10.7. The van der Waals surface area contributed by atoms with E-state index in [1.54, 1.807) is 0 Å². The maximum absolute atomic E-state index is 10.7. The number of carbonyl (C=O) groups excluding carboxylic acids is 1. The van der Waals surface area contributed by atoms with Crippen molar-refractivity contribution in [1.29, 1.82) is 0 Å². The Morgan fingerprint density at radius 3 is 2.46 bits per heavy atom. The number of hydrogen-bond acceptors (Lipinski definition) is 4. The average molecular weight is 188 g/mol. The lowest BCUT2D eigenvalue weighted by atomic mass is 10.3. The molecule has 1 atom stereocenters. The Morgan fingerprint density at radius 2 is 2.08 bits per heavy atom. The molecule has 0 fully saturated rings. The van der Waals surface area contributed by atoms with Crippen molar-refractivity contribution in [2.24, 2.45) is 0 Å². The topological polar surface area (TPSA) is 72.8 Å². The first kappa shape index (κ1) is 11.6. The predicted molar refractivity (Wildman–Crippen MR) is 43.7 cm³/mol. The number of aliphatic carboxylic acids is 1. The van der Waals surface area contributed by atoms with Crippen LogP contribution in [-0.4, -0.2) is 23.1 Å². The molecule has 0 aliphatic heterocycles. The molecular weight excluding hydrogens is 176 g/mol. The Morgan fingerprint density at radius 1 is 1.54 bits per heavy atom. The average Bonchev–Trinajstić information content (AvgIpc) is 1.98. The Bertz CT molecular complexity index is 221. The van der Waals surface area contributed by atoms with Crippen molar-refractivity contribution in [3.8, 4) is 0 Å². The van der Waals surface area contributed by atoms with E-state index in [9.17, 15) is 9.59 Å². The minimum atomic E-state index is -1.01. The van der Waals surface area contributed by atoms with Crippen LogP contribution in [0.3, 0.4) is 0 Å². The van der Waals surface area contributed by atoms with Crippen molar-refractivity contribution >= 4 is 11.9 Å². The Labute approximate surface area is 75.9 Å². The van der Waals surface area contributed by atoms with Gasteiger partial charge in [0.1, 0.15) is 6.10 Å². The SMILES string of the molecule is C=C(C)C(=O)OOC(C)CC(=O)O. The Kier molecular flexibility index (Phi) is 4.76. The fourth-order valence-corrected chi connectivity index (χ4v) is 0.477. The number of carboxylic acid groups (broad SMARTS) is 1. The molecule has 0 saturated carbocycles. The van der Waals surface area contributed by atoms with Crippen LogP contribution >= 0.6 is 0 Å². The summed E-state index contributed by atoms with van der Waals surface area (Å²) in [5.41, 5.74) is 0.197. The van der Waals surface area contributed by atoms with Gasteiger partial charge in [-0.1, -0.05) is 6.58 Å². The molecule has 13 heavy (non-hydrogen) atoms. The summed E-state index contributed by atoms with van der Waals surface area (Å²) in [5.74, 6) is -1.71. The number of carboxylic acids is 1. The lowest BCUT2D eigenvalue weighted by molar-refractivity contribution is -0.291. The van der Waals surface area contributed by atoms with Gasteiger partial charge in [0.25, 0.3) is 0 Å². The number of hydrogen-bond donors (Lipinski definition) is 1. The number of carbonyl (C=O) groups is 2. The summed E-state index contributed by atoms with van der Waals surface area (Å²) in [5, 5.41) is 8.32. The first-order valence-corrected chi connectivity index (χ1v) is 3.68. The molecule has 0 amide bonds. The van der Waals surface area contributed by atoms with Crippen LogP contribution in [0.2, 0.25) is 0 Å². The van der Waals surface area contributed by atoms with Crippen molar-refractivity contribution in [2.75, 3.05) is 0 Å². The van der Waals surface area contributed by atoms with Crippen LogP contribution in [0.15, 0.2) is 12.2 Å². The Hall–Kier alpha value is -1.36. The minimum absolute atomic E-state index is 0.197. The second-order valence-electron chi connectivity index (χ2n) is 2.66. The predicted octanol–water partition coefficient (Wildman–Crippen LogP) is 0.901. The van der Waals surface area contributed by atoms with E-state index < -0.39 is 18.0 Å². The second kappa shape index (κ2) is 5.31. The van der Waals surface area contributed by atoms with Gasteiger partial charge in [-0.25, -0.2) is 4.79 Å². The van der Waals surface area contributed by atoms with Crippen molar-refractivity contribution in [2.45, 2.75) is 26.4 Å². The van der Waals surface area contributed by atoms with Gasteiger partial charge < -0.3 is 5.11 Å². The molecule has 0 radical (unpaired) electrons. The van der Waals surface area contributed by atoms with Crippen LogP contribution in [0.1, 0.15) is 20.3 Å². The third kappa shape index (κ3) is 5.86. The van der Waals surface area contributed by atoms with E-state index in [1.807, 2.05) is 0 Å². The Balaban J connectivity index is 3.70. The quantitative estimate of drug-likeness (QED) is 0.394. The van der Waals surface area contributed by atoms with E-state index in [0.29, 0.717) is 0 Å². The van der Waals surface area contributed by atoms with Gasteiger partial charge in [0, 0.05) is 5.57 Å². The zero-order valence-corrected chi connectivity index (χ0v) is 7.57. The first-order valence-electron chi connectivity index (χ1n) is 3.68. The molecule has 0 saturated heterocycles. The normalized spacial score (nSPS) is 11.8. The van der Waals surface area contributed by atoms with E-state index >= 15 is 0 Å². The van der Waals surface area contributed by atoms with Crippen molar-refractivity contribution in [3.05, 3.63) is 12.2 Å². The highest BCUT2D eigenvalue weighted by molar-refractivity contribution is 5.86. The van der Waals surface area contributed by atoms with Gasteiger partial charge in [0.2, 0.25) is 0 Å². The van der Waals surface area contributed by atoms with Crippen LogP contribution in [0.25, 0.3) is 0 Å². The number of rotatable bonds is 5. The molecule has 74 valence electrons. The van der Waals surface area contributed by atoms with Crippen molar-refractivity contribution < 1.29 is 24.5 Å². The van der Waals surface area contributed by atoms with E-state index in [2.05, 4.69) is 16.4 Å². The molecule has 5 nitrogen and oxygen atoms in total. The monoisotopic (exact) mass is 188 g/mol. The van der Waals surface area contributed by atoms with Crippen LogP contribution in [0.5, 0.6) is 0 Å². The molecule has 1 unspecified atom stereocenters. The summed E-state index contributed by atoms with van der Waals surface area (Å²) < 4.78 is 0. The summed E-state index contributed by atoms with van der Waals surface area (Å²) in [6, 6.07) is 0. The molecule has 5 heteroatoms. The molecule has 0 aromatic heterocycles. The van der Waals surface area contributed by atoms with Gasteiger partial charge in [-0.15, -0.1) is 0 Å². The lowest BCUT2D eigenvalue weighted by Gasteiger charge is -2.08. The van der Waals surface area contributed by atoms with Gasteiger partial charge in [-0.05, 0) is 13.8 Å². The van der Waals surface area contributed by atoms with Crippen LogP contribution in [-0.2, 0) is 19.4 Å². The smallest absolute Gasteiger partial charge is 0.368 e. The maximum Gasteiger partial charge on any atom is 0.368 e. The highest BCUT2D eigenvalue weighted by Gasteiger charge is 2.12. The van der Waals surface area contributed by atoms with Crippen LogP contribution < -0.4 is 0 Å². The van der Waals surface area contributed by atoms with E-state index in [0.717, 1.165) is 0 Å². The molecule has 0 bridgehead atoms. The summed E-state index contributed by atoms with van der Waals surface area (Å²) in [6.45, 7) is 6.27. The third-order valence-corrected chi connectivity index (χ3v) is 1.10. The zero-order valence-electron chi connectivity index (χ0n) is 7.57. The summed E-state index contributed by atoms with van der Waals surface area (Å²) in [7, 11) is 0. The standard InChI is InChI=1S/C8H12O5/c1-5(2)8(11)13-12-6(3)4-7(9)10/h6H,1,4H2,2-3H3,(H,9,10). The van der Waals surface area contributed by atoms with Gasteiger partial charge in [-0.2, -0.15) is 4.89 Å². The first-order chi connectivity index (χ1) is 5.93. The van der Waals surface area contributed by atoms with Crippen LogP contribution in [0.4, 0.5) is 0 Å². The fraction of sp³-hybridized carbons (Fsp3) is 0.500. The molecule has 1 N–H and O–H groups in total. The van der Waals surface area contributed by atoms with Crippen molar-refractivity contribution in [3.63, 3.8) is 0 Å². The minimum Gasteiger partial charge on any atom is -0.481 e. The highest BCUT2D eigenvalue weighted by atomic mass is 17.2.